The Kier molecular flexibility index (Phi) is 4.02. The second-order valence-corrected chi connectivity index (χ2v) is 6.12. The number of nitrogens with one attached hydrogen (secondary N) is 2. The fourth-order valence-electron chi connectivity index (χ4n) is 3.37. The summed E-state index contributed by atoms with van der Waals surface area (Å²) < 4.78 is 0. The van der Waals surface area contributed by atoms with Gasteiger partial charge in [-0.3, -0.25) is 4.79 Å². The van der Waals surface area contributed by atoms with Gasteiger partial charge in [-0.25, -0.2) is 4.79 Å². The minimum atomic E-state index is -0.837. The van der Waals surface area contributed by atoms with Crippen LogP contribution in [0.15, 0.2) is 0 Å². The van der Waals surface area contributed by atoms with E-state index >= 15 is 0 Å². The fourth-order valence-corrected chi connectivity index (χ4v) is 3.37. The number of urea groups is 1. The number of carboxylic acid groups (broad SMARTS) is 1. The van der Waals surface area contributed by atoms with Crippen LogP contribution in [0.5, 0.6) is 0 Å². The predicted octanol–water partition coefficient (Wildman–Crippen LogP) is 2.41. The summed E-state index contributed by atoms with van der Waals surface area (Å²) >= 11 is 0. The molecular formula is C14H24N2O3. The molecule has 5 heteroatoms. The molecule has 0 atom stereocenters. The van der Waals surface area contributed by atoms with Crippen LogP contribution in [0.1, 0.15) is 64.7 Å². The Labute approximate surface area is 114 Å². The molecule has 2 saturated carbocycles. The molecule has 2 rings (SSSR count). The Morgan fingerprint density at radius 1 is 1.00 bits per heavy atom. The summed E-state index contributed by atoms with van der Waals surface area (Å²) in [5.74, 6) is -0.837. The number of carboxylic acids is 1. The first kappa shape index (κ1) is 14.2. The van der Waals surface area contributed by atoms with E-state index in [0.717, 1.165) is 51.4 Å². The molecule has 3 N–H and O–H groups in total. The van der Waals surface area contributed by atoms with E-state index in [1.165, 1.54) is 0 Å². The fraction of sp³-hybridized carbons (Fsp3) is 0.857. The maximum atomic E-state index is 12.1. The van der Waals surface area contributed by atoms with Gasteiger partial charge >= 0.3 is 12.0 Å². The molecule has 0 bridgehead atoms. The standard InChI is InChI=1S/C14H24N2O3/c1-2-13(8-5-9-13)15-12(19)16-14(10-11(17)18)6-3-4-7-14/h2-10H2,1H3,(H,17,18)(H2,15,16,19). The Morgan fingerprint density at radius 2 is 1.53 bits per heavy atom. The molecule has 2 amide bonds. The van der Waals surface area contributed by atoms with Crippen molar-refractivity contribution in [3.05, 3.63) is 0 Å². The van der Waals surface area contributed by atoms with Crippen LogP contribution in [0, 0.1) is 0 Å². The van der Waals surface area contributed by atoms with E-state index in [1.54, 1.807) is 0 Å². The predicted molar refractivity (Wildman–Crippen MR) is 72.0 cm³/mol. The highest BCUT2D eigenvalue weighted by Gasteiger charge is 2.41. The van der Waals surface area contributed by atoms with E-state index in [4.69, 9.17) is 5.11 Å². The summed E-state index contributed by atoms with van der Waals surface area (Å²) in [4.78, 5) is 23.1. The number of rotatable bonds is 5. The molecule has 19 heavy (non-hydrogen) atoms. The largest absolute Gasteiger partial charge is 0.481 e. The lowest BCUT2D eigenvalue weighted by molar-refractivity contribution is -0.138. The van der Waals surface area contributed by atoms with E-state index in [2.05, 4.69) is 17.6 Å². The number of hydrogen-bond donors (Lipinski definition) is 3. The lowest BCUT2D eigenvalue weighted by atomic mass is 9.75. The Hall–Kier alpha value is -1.26. The Balaban J connectivity index is 1.93. The smallest absolute Gasteiger partial charge is 0.315 e. The molecule has 108 valence electrons. The van der Waals surface area contributed by atoms with Gasteiger partial charge in [0.15, 0.2) is 0 Å². The van der Waals surface area contributed by atoms with Crippen LogP contribution in [0.4, 0.5) is 4.79 Å². The van der Waals surface area contributed by atoms with Gasteiger partial charge in [0.25, 0.3) is 0 Å². The average molecular weight is 268 g/mol. The van der Waals surface area contributed by atoms with E-state index in [0.29, 0.717) is 0 Å². The van der Waals surface area contributed by atoms with Gasteiger partial charge in [-0.2, -0.15) is 0 Å². The van der Waals surface area contributed by atoms with Crippen molar-refractivity contribution in [3.63, 3.8) is 0 Å². The van der Waals surface area contributed by atoms with Crippen LogP contribution >= 0.6 is 0 Å². The number of carbonyl (C=O) groups excluding carboxylic acids is 1. The normalized spacial score (nSPS) is 23.4. The van der Waals surface area contributed by atoms with Crippen molar-refractivity contribution in [3.8, 4) is 0 Å². The van der Waals surface area contributed by atoms with Gasteiger partial charge in [0.2, 0.25) is 0 Å². The van der Waals surface area contributed by atoms with Crippen LogP contribution in [0.25, 0.3) is 0 Å². The molecule has 0 spiro atoms. The van der Waals surface area contributed by atoms with Crippen LogP contribution < -0.4 is 10.6 Å². The first-order valence-corrected chi connectivity index (χ1v) is 7.31. The van der Waals surface area contributed by atoms with Crippen molar-refractivity contribution in [2.45, 2.75) is 75.8 Å². The minimum Gasteiger partial charge on any atom is -0.481 e. The van der Waals surface area contributed by atoms with Crippen molar-refractivity contribution in [1.29, 1.82) is 0 Å². The van der Waals surface area contributed by atoms with Crippen LogP contribution in [0.2, 0.25) is 0 Å². The average Bonchev–Trinajstić information content (AvgIpc) is 2.70. The molecule has 0 aliphatic heterocycles. The molecule has 2 fully saturated rings. The summed E-state index contributed by atoms with van der Waals surface area (Å²) in [5.41, 5.74) is -0.582. The van der Waals surface area contributed by atoms with Crippen molar-refractivity contribution in [1.82, 2.24) is 10.6 Å². The minimum absolute atomic E-state index is 0.0273. The number of carbonyl (C=O) groups is 2. The highest BCUT2D eigenvalue weighted by molar-refractivity contribution is 5.77. The molecule has 2 aliphatic rings. The summed E-state index contributed by atoms with van der Waals surface area (Å²) in [7, 11) is 0. The van der Waals surface area contributed by atoms with Crippen LogP contribution in [-0.2, 0) is 4.79 Å². The van der Waals surface area contributed by atoms with E-state index < -0.39 is 11.5 Å². The van der Waals surface area contributed by atoms with Gasteiger partial charge in [-0.05, 0) is 38.5 Å². The third kappa shape index (κ3) is 3.19. The molecule has 0 aromatic heterocycles. The van der Waals surface area contributed by atoms with Crippen molar-refractivity contribution < 1.29 is 14.7 Å². The maximum Gasteiger partial charge on any atom is 0.315 e. The Morgan fingerprint density at radius 3 is 1.95 bits per heavy atom. The van der Waals surface area contributed by atoms with E-state index in [1.807, 2.05) is 0 Å². The monoisotopic (exact) mass is 268 g/mol. The molecule has 0 unspecified atom stereocenters. The van der Waals surface area contributed by atoms with Gasteiger partial charge in [0.1, 0.15) is 0 Å². The summed E-state index contributed by atoms with van der Waals surface area (Å²) in [5, 5.41) is 15.0. The number of hydrogen-bond acceptors (Lipinski definition) is 2. The lowest BCUT2D eigenvalue weighted by Gasteiger charge is -2.43. The Bertz CT molecular complexity index is 352. The summed E-state index contributed by atoms with van der Waals surface area (Å²) in [6.07, 6.45) is 7.71. The maximum absolute atomic E-state index is 12.1. The zero-order valence-electron chi connectivity index (χ0n) is 11.6. The highest BCUT2D eigenvalue weighted by Crippen LogP contribution is 2.35. The quantitative estimate of drug-likeness (QED) is 0.716. The molecule has 2 aliphatic carbocycles. The van der Waals surface area contributed by atoms with Crippen LogP contribution in [0.3, 0.4) is 0 Å². The number of amides is 2. The molecule has 0 aromatic carbocycles. The molecule has 0 heterocycles. The van der Waals surface area contributed by atoms with E-state index in [9.17, 15) is 9.59 Å². The van der Waals surface area contributed by atoms with Gasteiger partial charge in [0.05, 0.1) is 12.0 Å². The molecule has 0 saturated heterocycles. The topological polar surface area (TPSA) is 78.4 Å². The summed E-state index contributed by atoms with van der Waals surface area (Å²) in [6, 6.07) is -0.190. The highest BCUT2D eigenvalue weighted by atomic mass is 16.4. The number of aliphatic carboxylic acids is 1. The molecular weight excluding hydrogens is 244 g/mol. The van der Waals surface area contributed by atoms with Gasteiger partial charge in [-0.15, -0.1) is 0 Å². The SMILES string of the molecule is CCC1(NC(=O)NC2(CC(=O)O)CCCC2)CCC1. The van der Waals surface area contributed by atoms with E-state index in [-0.39, 0.29) is 18.0 Å². The third-order valence-corrected chi connectivity index (χ3v) is 4.80. The zero-order valence-corrected chi connectivity index (χ0v) is 11.6. The van der Waals surface area contributed by atoms with Crippen LogP contribution in [-0.4, -0.2) is 28.2 Å². The second kappa shape index (κ2) is 5.39. The van der Waals surface area contributed by atoms with Gasteiger partial charge in [-0.1, -0.05) is 19.8 Å². The molecule has 5 nitrogen and oxygen atoms in total. The molecule has 0 radical (unpaired) electrons. The van der Waals surface area contributed by atoms with Gasteiger partial charge < -0.3 is 15.7 Å². The second-order valence-electron chi connectivity index (χ2n) is 6.12. The van der Waals surface area contributed by atoms with Crippen molar-refractivity contribution in [2.24, 2.45) is 0 Å². The first-order chi connectivity index (χ1) is 8.99. The van der Waals surface area contributed by atoms with Gasteiger partial charge in [0, 0.05) is 5.54 Å². The summed E-state index contributed by atoms with van der Waals surface area (Å²) in [6.45, 7) is 2.09. The lowest BCUT2D eigenvalue weighted by Crippen LogP contribution is -2.60. The molecule has 0 aromatic rings. The van der Waals surface area contributed by atoms with Crippen molar-refractivity contribution >= 4 is 12.0 Å². The zero-order chi connectivity index (χ0) is 13.9. The van der Waals surface area contributed by atoms with Crippen molar-refractivity contribution in [2.75, 3.05) is 0 Å². The third-order valence-electron chi connectivity index (χ3n) is 4.80. The first-order valence-electron chi connectivity index (χ1n) is 7.31.